The van der Waals surface area contributed by atoms with E-state index in [2.05, 4.69) is 20.8 Å². The number of hydrogen-bond acceptors (Lipinski definition) is 2. The van der Waals surface area contributed by atoms with Gasteiger partial charge in [0.15, 0.2) is 0 Å². The van der Waals surface area contributed by atoms with Crippen LogP contribution in [0, 0.1) is 46.3 Å². The van der Waals surface area contributed by atoms with Crippen molar-refractivity contribution in [3.63, 3.8) is 0 Å². The molecule has 1 aliphatic heterocycles. The molecule has 4 aliphatic carbocycles. The largest absolute Gasteiger partial charge is 0.393 e. The van der Waals surface area contributed by atoms with Crippen LogP contribution in [0.1, 0.15) is 78.6 Å². The van der Waals surface area contributed by atoms with Gasteiger partial charge in [0.05, 0.1) is 18.8 Å². The lowest BCUT2D eigenvalue weighted by Gasteiger charge is -2.61. The average Bonchev–Trinajstić information content (AvgIpc) is 3.37. The normalized spacial score (nSPS) is 58.8. The van der Waals surface area contributed by atoms with E-state index in [9.17, 15) is 5.11 Å². The van der Waals surface area contributed by atoms with Crippen LogP contribution < -0.4 is 0 Å². The molecule has 0 radical (unpaired) electrons. The van der Waals surface area contributed by atoms with Gasteiger partial charge in [-0.2, -0.15) is 0 Å². The number of rotatable bonds is 2. The minimum absolute atomic E-state index is 0.0151. The lowest BCUT2D eigenvalue weighted by molar-refractivity contribution is -0.129. The molecule has 0 aromatic heterocycles. The highest BCUT2D eigenvalue weighted by Crippen LogP contribution is 2.68. The van der Waals surface area contributed by atoms with Crippen LogP contribution in [-0.4, -0.2) is 23.9 Å². The molecule has 0 aromatic carbocycles. The van der Waals surface area contributed by atoms with Crippen LogP contribution in [-0.2, 0) is 4.74 Å². The van der Waals surface area contributed by atoms with E-state index in [-0.39, 0.29) is 6.10 Å². The SMILES string of the molecule is CC(C1CO1)C1CCC2C3CCC4CC(O)CCC4(C)C3CCC12C. The van der Waals surface area contributed by atoms with E-state index in [1.165, 1.54) is 44.9 Å². The number of aliphatic hydroxyl groups excluding tert-OH is 1. The predicted molar refractivity (Wildman–Crippen MR) is 100 cm³/mol. The first-order valence-corrected chi connectivity index (χ1v) is 11.2. The highest BCUT2D eigenvalue weighted by atomic mass is 16.6. The molecular weight excluding hydrogens is 308 g/mol. The van der Waals surface area contributed by atoms with Crippen LogP contribution in [0.25, 0.3) is 0 Å². The summed E-state index contributed by atoms with van der Waals surface area (Å²) in [4.78, 5) is 0. The molecule has 1 saturated heterocycles. The molecule has 0 amide bonds. The predicted octanol–water partition coefficient (Wildman–Crippen LogP) is 5.04. The molecule has 5 aliphatic rings. The summed E-state index contributed by atoms with van der Waals surface area (Å²) in [7, 11) is 0. The Hall–Kier alpha value is -0.0800. The Morgan fingerprint density at radius 2 is 1.64 bits per heavy atom. The molecule has 2 nitrogen and oxygen atoms in total. The smallest absolute Gasteiger partial charge is 0.0838 e. The maximum atomic E-state index is 10.2. The van der Waals surface area contributed by atoms with Gasteiger partial charge in [0.2, 0.25) is 0 Å². The van der Waals surface area contributed by atoms with Gasteiger partial charge in [0.1, 0.15) is 0 Å². The number of aliphatic hydroxyl groups is 1. The van der Waals surface area contributed by atoms with E-state index in [1.54, 1.807) is 0 Å². The standard InChI is InChI=1S/C23H38O2/c1-14(21-13-25-21)18-6-7-19-17-5-4-15-12-16(24)8-10-22(15,2)20(17)9-11-23(18,19)3/h14-21,24H,4-13H2,1-3H3. The third-order valence-corrected chi connectivity index (χ3v) is 10.3. The highest BCUT2D eigenvalue weighted by molar-refractivity contribution is 5.10. The number of epoxide rings is 1. The fraction of sp³-hybridized carbons (Fsp3) is 1.00. The quantitative estimate of drug-likeness (QED) is 0.710. The second-order valence-electron chi connectivity index (χ2n) is 11.0. The molecule has 1 heterocycles. The van der Waals surface area contributed by atoms with Crippen molar-refractivity contribution in [3.8, 4) is 0 Å². The van der Waals surface area contributed by atoms with Crippen molar-refractivity contribution in [2.75, 3.05) is 6.61 Å². The zero-order valence-electron chi connectivity index (χ0n) is 16.5. The maximum Gasteiger partial charge on any atom is 0.0838 e. The van der Waals surface area contributed by atoms with Gasteiger partial charge in [0.25, 0.3) is 0 Å². The van der Waals surface area contributed by atoms with E-state index < -0.39 is 0 Å². The molecule has 0 spiro atoms. The monoisotopic (exact) mass is 346 g/mol. The van der Waals surface area contributed by atoms with Gasteiger partial charge in [-0.15, -0.1) is 0 Å². The minimum Gasteiger partial charge on any atom is -0.393 e. The van der Waals surface area contributed by atoms with Crippen molar-refractivity contribution >= 4 is 0 Å². The van der Waals surface area contributed by atoms with Crippen molar-refractivity contribution in [2.45, 2.75) is 90.8 Å². The Morgan fingerprint density at radius 1 is 0.920 bits per heavy atom. The number of hydrogen-bond donors (Lipinski definition) is 1. The summed E-state index contributed by atoms with van der Waals surface area (Å²) in [6, 6.07) is 0. The number of fused-ring (bicyclic) bond motifs is 5. The fourth-order valence-corrected chi connectivity index (χ4v) is 8.76. The molecule has 2 heteroatoms. The van der Waals surface area contributed by atoms with E-state index in [0.29, 0.717) is 16.9 Å². The van der Waals surface area contributed by atoms with E-state index >= 15 is 0 Å². The van der Waals surface area contributed by atoms with Gasteiger partial charge >= 0.3 is 0 Å². The summed E-state index contributed by atoms with van der Waals surface area (Å²) in [6.07, 6.45) is 12.6. The summed E-state index contributed by atoms with van der Waals surface area (Å²) in [5, 5.41) is 10.2. The Balaban J connectivity index is 1.40. The van der Waals surface area contributed by atoms with Gasteiger partial charge in [0, 0.05) is 0 Å². The van der Waals surface area contributed by atoms with Gasteiger partial charge < -0.3 is 9.84 Å². The average molecular weight is 347 g/mol. The number of ether oxygens (including phenoxy) is 1. The summed E-state index contributed by atoms with van der Waals surface area (Å²) < 4.78 is 5.69. The Labute approximate surface area is 154 Å². The zero-order valence-corrected chi connectivity index (χ0v) is 16.5. The van der Waals surface area contributed by atoms with Crippen LogP contribution in [0.4, 0.5) is 0 Å². The third-order valence-electron chi connectivity index (χ3n) is 10.3. The minimum atomic E-state index is -0.0151. The first kappa shape index (κ1) is 17.0. The van der Waals surface area contributed by atoms with E-state index in [0.717, 1.165) is 55.0 Å². The first-order chi connectivity index (χ1) is 11.9. The lowest BCUT2D eigenvalue weighted by Crippen LogP contribution is -2.54. The topological polar surface area (TPSA) is 32.8 Å². The molecular formula is C23H38O2. The van der Waals surface area contributed by atoms with Crippen LogP contribution in [0.3, 0.4) is 0 Å². The van der Waals surface area contributed by atoms with Gasteiger partial charge in [-0.25, -0.2) is 0 Å². The van der Waals surface area contributed by atoms with Crippen molar-refractivity contribution in [1.82, 2.24) is 0 Å². The van der Waals surface area contributed by atoms with Gasteiger partial charge in [-0.3, -0.25) is 0 Å². The third kappa shape index (κ3) is 2.42. The second-order valence-corrected chi connectivity index (χ2v) is 11.0. The highest BCUT2D eigenvalue weighted by Gasteiger charge is 2.61. The summed E-state index contributed by atoms with van der Waals surface area (Å²) in [6.45, 7) is 8.76. The first-order valence-electron chi connectivity index (χ1n) is 11.2. The second kappa shape index (κ2) is 5.71. The molecule has 1 N–H and O–H groups in total. The van der Waals surface area contributed by atoms with Crippen molar-refractivity contribution in [3.05, 3.63) is 0 Å². The fourth-order valence-electron chi connectivity index (χ4n) is 8.76. The molecule has 0 bridgehead atoms. The molecule has 25 heavy (non-hydrogen) atoms. The zero-order chi connectivity index (χ0) is 17.4. The van der Waals surface area contributed by atoms with Gasteiger partial charge in [-0.05, 0) is 104 Å². The maximum absolute atomic E-state index is 10.2. The van der Waals surface area contributed by atoms with E-state index in [4.69, 9.17) is 4.74 Å². The Morgan fingerprint density at radius 3 is 2.40 bits per heavy atom. The van der Waals surface area contributed by atoms with Gasteiger partial charge in [-0.1, -0.05) is 20.8 Å². The van der Waals surface area contributed by atoms with Crippen LogP contribution in [0.15, 0.2) is 0 Å². The molecule has 4 saturated carbocycles. The van der Waals surface area contributed by atoms with Crippen molar-refractivity contribution in [1.29, 1.82) is 0 Å². The summed E-state index contributed by atoms with van der Waals surface area (Å²) >= 11 is 0. The molecule has 0 aromatic rings. The molecule has 5 rings (SSSR count). The van der Waals surface area contributed by atoms with Crippen molar-refractivity contribution in [2.24, 2.45) is 46.3 Å². The Kier molecular flexibility index (Phi) is 3.89. The summed E-state index contributed by atoms with van der Waals surface area (Å²) in [5.74, 6) is 5.31. The lowest BCUT2D eigenvalue weighted by atomic mass is 9.44. The summed E-state index contributed by atoms with van der Waals surface area (Å²) in [5.41, 5.74) is 1.09. The van der Waals surface area contributed by atoms with Crippen LogP contribution in [0.5, 0.6) is 0 Å². The molecule has 10 unspecified atom stereocenters. The molecule has 5 fully saturated rings. The Bertz CT molecular complexity index is 528. The molecule has 142 valence electrons. The van der Waals surface area contributed by atoms with Crippen LogP contribution >= 0.6 is 0 Å². The van der Waals surface area contributed by atoms with E-state index in [1.807, 2.05) is 0 Å². The van der Waals surface area contributed by atoms with Crippen molar-refractivity contribution < 1.29 is 9.84 Å². The van der Waals surface area contributed by atoms with Crippen LogP contribution in [0.2, 0.25) is 0 Å². The molecule has 10 atom stereocenters.